The summed E-state index contributed by atoms with van der Waals surface area (Å²) in [4.78, 5) is 15.9. The lowest BCUT2D eigenvalue weighted by atomic mass is 10.0. The Morgan fingerprint density at radius 1 is 1.32 bits per heavy atom. The van der Waals surface area contributed by atoms with Gasteiger partial charge in [-0.25, -0.2) is 4.98 Å². The molecular formula is C16H17BrClN3O. The molecule has 1 aromatic carbocycles. The van der Waals surface area contributed by atoms with E-state index in [0.717, 1.165) is 16.5 Å². The second kappa shape index (κ2) is 8.27. The fraction of sp³-hybridized carbons (Fsp3) is 0.250. The average Bonchev–Trinajstić information content (AvgIpc) is 2.52. The van der Waals surface area contributed by atoms with E-state index in [9.17, 15) is 4.79 Å². The van der Waals surface area contributed by atoms with E-state index in [2.05, 4.69) is 38.5 Å². The molecule has 1 heterocycles. The van der Waals surface area contributed by atoms with E-state index < -0.39 is 0 Å². The van der Waals surface area contributed by atoms with Crippen molar-refractivity contribution < 1.29 is 4.79 Å². The molecule has 1 aromatic heterocycles. The van der Waals surface area contributed by atoms with Gasteiger partial charge in [-0.3, -0.25) is 4.79 Å². The van der Waals surface area contributed by atoms with Gasteiger partial charge in [-0.05, 0) is 36.2 Å². The fourth-order valence-corrected chi connectivity index (χ4v) is 2.51. The van der Waals surface area contributed by atoms with Gasteiger partial charge >= 0.3 is 0 Å². The van der Waals surface area contributed by atoms with Crippen molar-refractivity contribution in [3.63, 3.8) is 0 Å². The van der Waals surface area contributed by atoms with Gasteiger partial charge in [0.15, 0.2) is 5.15 Å². The summed E-state index contributed by atoms with van der Waals surface area (Å²) in [6.45, 7) is 2.29. The van der Waals surface area contributed by atoms with Gasteiger partial charge in [-0.1, -0.05) is 46.6 Å². The second-order valence-electron chi connectivity index (χ2n) is 4.78. The molecule has 0 saturated carbocycles. The fourth-order valence-electron chi connectivity index (χ4n) is 2.08. The zero-order chi connectivity index (χ0) is 15.9. The molecule has 1 amide bonds. The van der Waals surface area contributed by atoms with Crippen LogP contribution in [0, 0.1) is 0 Å². The van der Waals surface area contributed by atoms with Gasteiger partial charge in [0.1, 0.15) is 0 Å². The van der Waals surface area contributed by atoms with E-state index in [0.29, 0.717) is 5.69 Å². The van der Waals surface area contributed by atoms with Crippen molar-refractivity contribution in [3.05, 3.63) is 57.8 Å². The van der Waals surface area contributed by atoms with Gasteiger partial charge in [0.2, 0.25) is 5.91 Å². The van der Waals surface area contributed by atoms with Crippen LogP contribution >= 0.6 is 27.5 Å². The number of rotatable bonds is 6. The van der Waals surface area contributed by atoms with Crippen LogP contribution in [0.25, 0.3) is 0 Å². The van der Waals surface area contributed by atoms with Crippen LogP contribution in [-0.4, -0.2) is 17.4 Å². The van der Waals surface area contributed by atoms with Crippen LogP contribution in [0.3, 0.4) is 0 Å². The maximum Gasteiger partial charge on any atom is 0.238 e. The summed E-state index contributed by atoms with van der Waals surface area (Å²) < 4.78 is 1.04. The van der Waals surface area contributed by atoms with Gasteiger partial charge in [-0.2, -0.15) is 0 Å². The first-order valence-corrected chi connectivity index (χ1v) is 8.16. The van der Waals surface area contributed by atoms with Crippen LogP contribution in [0.15, 0.2) is 47.1 Å². The second-order valence-corrected chi connectivity index (χ2v) is 6.06. The minimum atomic E-state index is -0.148. The minimum absolute atomic E-state index is 0.128. The molecule has 0 bridgehead atoms. The Morgan fingerprint density at radius 2 is 2.05 bits per heavy atom. The van der Waals surface area contributed by atoms with Crippen molar-refractivity contribution in [1.29, 1.82) is 0 Å². The number of hydrogen-bond donors (Lipinski definition) is 2. The highest BCUT2D eigenvalue weighted by molar-refractivity contribution is 9.10. The van der Waals surface area contributed by atoms with Crippen LogP contribution in [0.4, 0.5) is 5.69 Å². The molecule has 0 spiro atoms. The van der Waals surface area contributed by atoms with Crippen molar-refractivity contribution in [3.8, 4) is 0 Å². The van der Waals surface area contributed by atoms with E-state index in [1.807, 2.05) is 24.3 Å². The Morgan fingerprint density at radius 3 is 2.68 bits per heavy atom. The monoisotopic (exact) mass is 381 g/mol. The number of anilines is 1. The van der Waals surface area contributed by atoms with Gasteiger partial charge in [0, 0.05) is 16.7 Å². The zero-order valence-corrected chi connectivity index (χ0v) is 14.5. The summed E-state index contributed by atoms with van der Waals surface area (Å²) in [6.07, 6.45) is 2.47. The molecule has 0 aliphatic carbocycles. The van der Waals surface area contributed by atoms with Crippen LogP contribution in [-0.2, 0) is 4.79 Å². The number of nitrogens with zero attached hydrogens (tertiary/aromatic N) is 1. The molecule has 0 aliphatic heterocycles. The number of aromatic nitrogens is 1. The Balaban J connectivity index is 1.91. The lowest BCUT2D eigenvalue weighted by Gasteiger charge is -2.17. The summed E-state index contributed by atoms with van der Waals surface area (Å²) in [6, 6.07) is 11.7. The zero-order valence-electron chi connectivity index (χ0n) is 12.1. The predicted octanol–water partition coefficient (Wildman–Crippen LogP) is 4.18. The van der Waals surface area contributed by atoms with Crippen molar-refractivity contribution in [2.24, 2.45) is 0 Å². The molecular weight excluding hydrogens is 366 g/mol. The van der Waals surface area contributed by atoms with Crippen molar-refractivity contribution in [1.82, 2.24) is 10.3 Å². The van der Waals surface area contributed by atoms with Gasteiger partial charge in [0.05, 0.1) is 12.2 Å². The lowest BCUT2D eigenvalue weighted by molar-refractivity contribution is -0.115. The van der Waals surface area contributed by atoms with E-state index in [1.54, 1.807) is 18.3 Å². The van der Waals surface area contributed by atoms with Crippen molar-refractivity contribution in [2.75, 3.05) is 11.9 Å². The van der Waals surface area contributed by atoms with Gasteiger partial charge in [-0.15, -0.1) is 0 Å². The highest BCUT2D eigenvalue weighted by Crippen LogP contribution is 2.20. The Bertz CT molecular complexity index is 634. The Kier molecular flexibility index (Phi) is 6.36. The first-order chi connectivity index (χ1) is 10.6. The molecule has 0 unspecified atom stereocenters. The van der Waals surface area contributed by atoms with E-state index in [-0.39, 0.29) is 23.6 Å². The molecule has 0 saturated heterocycles. The highest BCUT2D eigenvalue weighted by Gasteiger charge is 2.11. The molecule has 116 valence electrons. The third kappa shape index (κ3) is 4.80. The normalized spacial score (nSPS) is 12.0. The molecule has 0 radical (unpaired) electrons. The largest absolute Gasteiger partial charge is 0.322 e. The number of pyridine rings is 1. The van der Waals surface area contributed by atoms with Gasteiger partial charge in [0.25, 0.3) is 0 Å². The maximum atomic E-state index is 12.0. The molecule has 2 rings (SSSR count). The SMILES string of the molecule is CC[C@@H](NCC(=O)Nc1cccnc1Cl)c1ccc(Br)cc1. The van der Waals surface area contributed by atoms with E-state index >= 15 is 0 Å². The molecule has 4 nitrogen and oxygen atoms in total. The van der Waals surface area contributed by atoms with E-state index in [4.69, 9.17) is 11.6 Å². The summed E-state index contributed by atoms with van der Waals surface area (Å²) in [7, 11) is 0. The first kappa shape index (κ1) is 16.9. The quantitative estimate of drug-likeness (QED) is 0.737. The standard InChI is InChI=1S/C16H17BrClN3O/c1-2-13(11-5-7-12(17)8-6-11)20-10-15(22)21-14-4-3-9-19-16(14)18/h3-9,13,20H,2,10H2,1H3,(H,21,22)/t13-/m1/s1. The third-order valence-electron chi connectivity index (χ3n) is 3.22. The van der Waals surface area contributed by atoms with Crippen LogP contribution in [0.1, 0.15) is 24.9 Å². The smallest absolute Gasteiger partial charge is 0.238 e. The number of amides is 1. The molecule has 0 aliphatic rings. The predicted molar refractivity (Wildman–Crippen MR) is 93.1 cm³/mol. The number of hydrogen-bond acceptors (Lipinski definition) is 3. The summed E-state index contributed by atoms with van der Waals surface area (Å²) in [5, 5.41) is 6.29. The lowest BCUT2D eigenvalue weighted by Crippen LogP contribution is -2.31. The summed E-state index contributed by atoms with van der Waals surface area (Å²) in [5.74, 6) is -0.148. The van der Waals surface area contributed by atoms with E-state index in [1.165, 1.54) is 0 Å². The molecule has 2 aromatic rings. The Labute approximate surface area is 143 Å². The van der Waals surface area contributed by atoms with Gasteiger partial charge < -0.3 is 10.6 Å². The summed E-state index contributed by atoms with van der Waals surface area (Å²) in [5.41, 5.74) is 1.67. The summed E-state index contributed by atoms with van der Waals surface area (Å²) >= 11 is 9.34. The minimum Gasteiger partial charge on any atom is -0.322 e. The van der Waals surface area contributed by atoms with Crippen LogP contribution in [0.5, 0.6) is 0 Å². The number of nitrogens with one attached hydrogen (secondary N) is 2. The number of carbonyl (C=O) groups is 1. The number of halogens is 2. The molecule has 22 heavy (non-hydrogen) atoms. The molecule has 6 heteroatoms. The Hall–Kier alpha value is -1.43. The third-order valence-corrected chi connectivity index (χ3v) is 4.05. The van der Waals surface area contributed by atoms with Crippen molar-refractivity contribution >= 4 is 39.1 Å². The van der Waals surface area contributed by atoms with Crippen molar-refractivity contribution in [2.45, 2.75) is 19.4 Å². The molecule has 0 fully saturated rings. The van der Waals surface area contributed by atoms with Crippen LogP contribution < -0.4 is 10.6 Å². The first-order valence-electron chi connectivity index (χ1n) is 6.99. The average molecular weight is 383 g/mol. The maximum absolute atomic E-state index is 12.0. The van der Waals surface area contributed by atoms with Crippen LogP contribution in [0.2, 0.25) is 5.15 Å². The topological polar surface area (TPSA) is 54.0 Å². The number of carbonyl (C=O) groups excluding carboxylic acids is 1. The molecule has 1 atom stereocenters. The highest BCUT2D eigenvalue weighted by atomic mass is 79.9. The molecule has 2 N–H and O–H groups in total. The number of benzene rings is 1.